The van der Waals surface area contributed by atoms with E-state index in [0.717, 1.165) is 12.8 Å². The Labute approximate surface area is 154 Å². The van der Waals surface area contributed by atoms with E-state index in [9.17, 15) is 4.79 Å². The summed E-state index contributed by atoms with van der Waals surface area (Å²) in [4.78, 5) is 15.8. The van der Waals surface area contributed by atoms with Gasteiger partial charge in [0.05, 0.1) is 0 Å². The van der Waals surface area contributed by atoms with E-state index in [0.29, 0.717) is 12.3 Å². The number of pyridine rings is 1. The zero-order valence-electron chi connectivity index (χ0n) is 16.2. The monoisotopic (exact) mass is 347 g/mol. The molecule has 0 bridgehead atoms. The van der Waals surface area contributed by atoms with E-state index >= 15 is 0 Å². The van der Waals surface area contributed by atoms with Crippen molar-refractivity contribution in [1.82, 2.24) is 4.98 Å². The lowest BCUT2D eigenvalue weighted by atomic mass is 10.0. The van der Waals surface area contributed by atoms with Crippen molar-refractivity contribution in [2.45, 2.75) is 96.8 Å². The first-order valence-electron chi connectivity index (χ1n) is 10.4. The summed E-state index contributed by atoms with van der Waals surface area (Å²) >= 11 is 0. The minimum absolute atomic E-state index is 0.148. The maximum absolute atomic E-state index is 11.8. The summed E-state index contributed by atoms with van der Waals surface area (Å²) in [7, 11) is 0. The van der Waals surface area contributed by atoms with E-state index in [4.69, 9.17) is 4.74 Å². The molecule has 1 heterocycles. The molecular weight excluding hydrogens is 310 g/mol. The molecule has 142 valence electrons. The van der Waals surface area contributed by atoms with Gasteiger partial charge in [-0.15, -0.1) is 0 Å². The molecule has 0 saturated heterocycles. The van der Waals surface area contributed by atoms with Crippen molar-refractivity contribution < 1.29 is 9.53 Å². The molecule has 25 heavy (non-hydrogen) atoms. The van der Waals surface area contributed by atoms with Gasteiger partial charge >= 0.3 is 0 Å². The highest BCUT2D eigenvalue weighted by Gasteiger charge is 2.03. The third-order valence-electron chi connectivity index (χ3n) is 4.58. The largest absolute Gasteiger partial charge is 0.470 e. The zero-order chi connectivity index (χ0) is 18.0. The average Bonchev–Trinajstić information content (AvgIpc) is 2.64. The number of hydrogen-bond donors (Lipinski definition) is 0. The predicted molar refractivity (Wildman–Crippen MR) is 105 cm³/mol. The van der Waals surface area contributed by atoms with Crippen LogP contribution in [0.1, 0.15) is 96.8 Å². The summed E-state index contributed by atoms with van der Waals surface area (Å²) in [5, 5.41) is 0. The standard InChI is InChI=1S/C22H37NO2/c1-2-3-4-5-6-7-8-9-10-11-12-13-14-17-21(24)20-25-22-18-15-16-19-23-22/h15-16,18-19H,2-14,17,20H2,1H3. The van der Waals surface area contributed by atoms with Gasteiger partial charge in [0.2, 0.25) is 5.88 Å². The van der Waals surface area contributed by atoms with E-state index < -0.39 is 0 Å². The van der Waals surface area contributed by atoms with Gasteiger partial charge in [-0.2, -0.15) is 0 Å². The minimum atomic E-state index is 0.148. The first-order chi connectivity index (χ1) is 12.3. The highest BCUT2D eigenvalue weighted by Crippen LogP contribution is 2.13. The fourth-order valence-corrected chi connectivity index (χ4v) is 3.00. The van der Waals surface area contributed by atoms with Crippen molar-refractivity contribution in [2.75, 3.05) is 6.61 Å². The van der Waals surface area contributed by atoms with Crippen LogP contribution in [0.25, 0.3) is 0 Å². The van der Waals surface area contributed by atoms with Gasteiger partial charge in [0.1, 0.15) is 6.61 Å². The summed E-state index contributed by atoms with van der Waals surface area (Å²) < 4.78 is 5.37. The summed E-state index contributed by atoms with van der Waals surface area (Å²) in [6, 6.07) is 5.47. The van der Waals surface area contributed by atoms with Gasteiger partial charge in [-0.1, -0.05) is 90.0 Å². The molecule has 0 unspecified atom stereocenters. The van der Waals surface area contributed by atoms with E-state index in [1.54, 1.807) is 12.3 Å². The van der Waals surface area contributed by atoms with Crippen LogP contribution in [0.5, 0.6) is 5.88 Å². The minimum Gasteiger partial charge on any atom is -0.470 e. The van der Waals surface area contributed by atoms with E-state index in [-0.39, 0.29) is 12.4 Å². The Hall–Kier alpha value is -1.38. The van der Waals surface area contributed by atoms with Crippen LogP contribution in [-0.4, -0.2) is 17.4 Å². The molecule has 0 aromatic carbocycles. The molecule has 0 fully saturated rings. The van der Waals surface area contributed by atoms with Crippen LogP contribution in [0.2, 0.25) is 0 Å². The van der Waals surface area contributed by atoms with Crippen LogP contribution in [0.3, 0.4) is 0 Å². The molecule has 0 radical (unpaired) electrons. The Morgan fingerprint density at radius 3 is 1.92 bits per heavy atom. The first kappa shape index (κ1) is 21.7. The topological polar surface area (TPSA) is 39.2 Å². The Morgan fingerprint density at radius 2 is 1.40 bits per heavy atom. The van der Waals surface area contributed by atoms with Crippen molar-refractivity contribution in [2.24, 2.45) is 0 Å². The Kier molecular flexibility index (Phi) is 14.0. The van der Waals surface area contributed by atoms with Gasteiger partial charge in [-0.05, 0) is 12.5 Å². The molecular formula is C22H37NO2. The number of unbranched alkanes of at least 4 members (excludes halogenated alkanes) is 12. The fraction of sp³-hybridized carbons (Fsp3) is 0.727. The van der Waals surface area contributed by atoms with Crippen molar-refractivity contribution in [3.63, 3.8) is 0 Å². The number of carbonyl (C=O) groups excluding carboxylic acids is 1. The van der Waals surface area contributed by atoms with Gasteiger partial charge in [0.25, 0.3) is 0 Å². The van der Waals surface area contributed by atoms with Crippen molar-refractivity contribution >= 4 is 5.78 Å². The molecule has 0 aliphatic heterocycles. The number of aromatic nitrogens is 1. The zero-order valence-corrected chi connectivity index (χ0v) is 16.2. The number of nitrogens with zero attached hydrogens (tertiary/aromatic N) is 1. The molecule has 1 aromatic rings. The molecule has 1 aromatic heterocycles. The van der Waals surface area contributed by atoms with Crippen molar-refractivity contribution in [3.05, 3.63) is 24.4 Å². The summed E-state index contributed by atoms with van der Waals surface area (Å²) in [6.07, 6.45) is 19.6. The maximum atomic E-state index is 11.8. The van der Waals surface area contributed by atoms with E-state index in [1.165, 1.54) is 70.6 Å². The van der Waals surface area contributed by atoms with Crippen LogP contribution >= 0.6 is 0 Å². The number of ether oxygens (including phenoxy) is 1. The highest BCUT2D eigenvalue weighted by atomic mass is 16.5. The lowest BCUT2D eigenvalue weighted by molar-refractivity contribution is -0.121. The Balaban J connectivity index is 1.80. The normalized spacial score (nSPS) is 10.8. The van der Waals surface area contributed by atoms with Gasteiger partial charge in [0, 0.05) is 18.7 Å². The third-order valence-corrected chi connectivity index (χ3v) is 4.58. The molecule has 0 spiro atoms. The van der Waals surface area contributed by atoms with Crippen LogP contribution < -0.4 is 4.74 Å². The van der Waals surface area contributed by atoms with Crippen LogP contribution in [0.15, 0.2) is 24.4 Å². The predicted octanol–water partition coefficient (Wildman–Crippen LogP) is 6.51. The second kappa shape index (κ2) is 16.1. The molecule has 1 rings (SSSR count). The lowest BCUT2D eigenvalue weighted by Gasteiger charge is -2.05. The van der Waals surface area contributed by atoms with Crippen molar-refractivity contribution in [3.8, 4) is 5.88 Å². The molecule has 3 heteroatoms. The first-order valence-corrected chi connectivity index (χ1v) is 10.4. The Bertz CT molecular complexity index is 419. The quantitative estimate of drug-likeness (QED) is 0.301. The third kappa shape index (κ3) is 13.6. The van der Waals surface area contributed by atoms with Gasteiger partial charge < -0.3 is 4.74 Å². The second-order valence-corrected chi connectivity index (χ2v) is 6.99. The maximum Gasteiger partial charge on any atom is 0.213 e. The fourth-order valence-electron chi connectivity index (χ4n) is 3.00. The van der Waals surface area contributed by atoms with Gasteiger partial charge in [-0.25, -0.2) is 4.98 Å². The molecule has 0 aliphatic carbocycles. The van der Waals surface area contributed by atoms with Crippen molar-refractivity contribution in [1.29, 1.82) is 0 Å². The summed E-state index contributed by atoms with van der Waals surface area (Å²) in [5.74, 6) is 0.704. The number of carbonyl (C=O) groups is 1. The SMILES string of the molecule is CCCCCCCCCCCCCCCC(=O)COc1ccccn1. The lowest BCUT2D eigenvalue weighted by Crippen LogP contribution is -2.11. The van der Waals surface area contributed by atoms with Gasteiger partial charge in [-0.3, -0.25) is 4.79 Å². The number of rotatable bonds is 17. The van der Waals surface area contributed by atoms with E-state index in [1.807, 2.05) is 12.1 Å². The van der Waals surface area contributed by atoms with Crippen LogP contribution in [0, 0.1) is 0 Å². The molecule has 0 amide bonds. The Morgan fingerprint density at radius 1 is 0.840 bits per heavy atom. The van der Waals surface area contributed by atoms with Crippen LogP contribution in [0.4, 0.5) is 0 Å². The smallest absolute Gasteiger partial charge is 0.213 e. The molecule has 0 atom stereocenters. The molecule has 0 N–H and O–H groups in total. The molecule has 3 nitrogen and oxygen atoms in total. The molecule has 0 saturated carbocycles. The highest BCUT2D eigenvalue weighted by molar-refractivity contribution is 5.79. The van der Waals surface area contributed by atoms with Gasteiger partial charge in [0.15, 0.2) is 5.78 Å². The summed E-state index contributed by atoms with van der Waals surface area (Å²) in [5.41, 5.74) is 0. The number of ketones is 1. The van der Waals surface area contributed by atoms with Crippen LogP contribution in [-0.2, 0) is 4.79 Å². The second-order valence-electron chi connectivity index (χ2n) is 6.99. The number of hydrogen-bond acceptors (Lipinski definition) is 3. The van der Waals surface area contributed by atoms with E-state index in [2.05, 4.69) is 11.9 Å². The molecule has 0 aliphatic rings. The summed E-state index contributed by atoms with van der Waals surface area (Å²) in [6.45, 7) is 2.42. The average molecular weight is 348 g/mol. The number of Topliss-reactive ketones (excluding diaryl/α,β-unsaturated/α-hetero) is 1.